The van der Waals surface area contributed by atoms with Crippen LogP contribution in [0, 0.1) is 5.82 Å². The van der Waals surface area contributed by atoms with Crippen molar-refractivity contribution < 1.29 is 23.8 Å². The molecule has 7 heteroatoms. The number of carbonyl (C=O) groups excluding carboxylic acids is 1. The molecule has 6 nitrogen and oxygen atoms in total. The Labute approximate surface area is 172 Å². The number of aliphatic carboxylic acids is 1. The largest absolute Gasteiger partial charge is 0.487 e. The number of fused-ring (bicyclic) bond motifs is 2. The summed E-state index contributed by atoms with van der Waals surface area (Å²) in [5.74, 6) is -0.977. The molecule has 1 fully saturated rings. The van der Waals surface area contributed by atoms with Crippen molar-refractivity contribution in [3.8, 4) is 0 Å². The molecule has 0 atom stereocenters. The van der Waals surface area contributed by atoms with Gasteiger partial charge in [-0.15, -0.1) is 0 Å². The maximum atomic E-state index is 13.7. The van der Waals surface area contributed by atoms with Gasteiger partial charge >= 0.3 is 5.97 Å². The van der Waals surface area contributed by atoms with E-state index < -0.39 is 17.3 Å². The van der Waals surface area contributed by atoms with Crippen molar-refractivity contribution in [2.75, 3.05) is 11.9 Å². The van der Waals surface area contributed by atoms with E-state index in [4.69, 9.17) is 4.74 Å². The number of ether oxygens (including phenoxy) is 1. The third-order valence-electron chi connectivity index (χ3n) is 6.00. The number of nitrogens with one attached hydrogen (secondary N) is 2. The smallest absolute Gasteiger partial charge is 0.323 e. The molecule has 3 aliphatic rings. The minimum Gasteiger partial charge on any atom is -0.487 e. The molecule has 0 spiro atoms. The second-order valence-corrected chi connectivity index (χ2v) is 8.05. The number of benzene rings is 2. The lowest BCUT2D eigenvalue weighted by Gasteiger charge is -2.12. The van der Waals surface area contributed by atoms with Crippen LogP contribution in [0.1, 0.15) is 41.5 Å². The lowest BCUT2D eigenvalue weighted by molar-refractivity contribution is -0.140. The van der Waals surface area contributed by atoms with E-state index in [1.807, 2.05) is 12.1 Å². The van der Waals surface area contributed by atoms with Gasteiger partial charge in [0, 0.05) is 22.4 Å². The molecule has 1 amide bonds. The lowest BCUT2D eigenvalue weighted by atomic mass is 9.98. The third-order valence-corrected chi connectivity index (χ3v) is 6.00. The van der Waals surface area contributed by atoms with Gasteiger partial charge in [-0.1, -0.05) is 18.2 Å². The van der Waals surface area contributed by atoms with Crippen molar-refractivity contribution >= 4 is 28.9 Å². The van der Waals surface area contributed by atoms with Gasteiger partial charge in [0.2, 0.25) is 0 Å². The fraction of sp³-hybridized carbons (Fsp3) is 0.304. The molecule has 3 N–H and O–H groups in total. The van der Waals surface area contributed by atoms with Crippen molar-refractivity contribution in [3.05, 3.63) is 64.5 Å². The van der Waals surface area contributed by atoms with E-state index in [9.17, 15) is 19.1 Å². The molecule has 2 aromatic carbocycles. The van der Waals surface area contributed by atoms with Crippen molar-refractivity contribution in [2.24, 2.45) is 0 Å². The summed E-state index contributed by atoms with van der Waals surface area (Å²) in [6, 6.07) is 10.2. The van der Waals surface area contributed by atoms with Crippen LogP contribution < -0.4 is 10.6 Å². The van der Waals surface area contributed by atoms with Gasteiger partial charge in [-0.2, -0.15) is 0 Å². The number of carbonyl (C=O) groups is 2. The first-order chi connectivity index (χ1) is 14.5. The number of rotatable bonds is 6. The first-order valence-electron chi connectivity index (χ1n) is 10.1. The Morgan fingerprint density at radius 1 is 1.20 bits per heavy atom. The molecule has 1 aliphatic carbocycles. The molecule has 0 saturated heterocycles. The zero-order valence-electron chi connectivity index (χ0n) is 16.3. The first kappa shape index (κ1) is 18.8. The quantitative estimate of drug-likeness (QED) is 0.504. The van der Waals surface area contributed by atoms with Crippen LogP contribution in [0.4, 0.5) is 10.1 Å². The second-order valence-electron chi connectivity index (χ2n) is 8.05. The van der Waals surface area contributed by atoms with Crippen LogP contribution in [0.15, 0.2) is 36.4 Å². The highest BCUT2D eigenvalue weighted by Gasteiger charge is 2.49. The predicted octanol–water partition coefficient (Wildman–Crippen LogP) is 3.32. The van der Waals surface area contributed by atoms with Crippen LogP contribution in [0.3, 0.4) is 0 Å². The standard InChI is InChI=1S/C23H21FN2O4/c24-15-4-6-18-17(11-15)19(21(27)26-18)20-16-5-3-13(10-14(16)12-30-20)2-1-9-25-23(7-8-23)22(28)29/h3-6,10-11,25H,1-2,7-9,12H2,(H,26,27)(H,28,29). The number of halogens is 1. The van der Waals surface area contributed by atoms with Crippen molar-refractivity contribution in [3.63, 3.8) is 0 Å². The van der Waals surface area contributed by atoms with E-state index in [0.29, 0.717) is 48.6 Å². The lowest BCUT2D eigenvalue weighted by Crippen LogP contribution is -2.39. The van der Waals surface area contributed by atoms with Gasteiger partial charge in [0.1, 0.15) is 23.7 Å². The fourth-order valence-electron chi connectivity index (χ4n) is 4.15. The highest BCUT2D eigenvalue weighted by Crippen LogP contribution is 2.42. The molecule has 2 aromatic rings. The number of hydrogen-bond donors (Lipinski definition) is 3. The summed E-state index contributed by atoms with van der Waals surface area (Å²) in [6.07, 6.45) is 3.03. The molecule has 2 aliphatic heterocycles. The van der Waals surface area contributed by atoms with Crippen LogP contribution in [0.2, 0.25) is 0 Å². The number of amides is 1. The Morgan fingerprint density at radius 3 is 2.80 bits per heavy atom. The maximum Gasteiger partial charge on any atom is 0.323 e. The Bertz CT molecular complexity index is 1100. The molecule has 0 radical (unpaired) electrons. The summed E-state index contributed by atoms with van der Waals surface area (Å²) >= 11 is 0. The van der Waals surface area contributed by atoms with Crippen molar-refractivity contribution in [1.29, 1.82) is 0 Å². The predicted molar refractivity (Wildman–Crippen MR) is 109 cm³/mol. The summed E-state index contributed by atoms with van der Waals surface area (Å²) in [7, 11) is 0. The minimum absolute atomic E-state index is 0.291. The summed E-state index contributed by atoms with van der Waals surface area (Å²) < 4.78 is 19.6. The van der Waals surface area contributed by atoms with Crippen LogP contribution in [0.5, 0.6) is 0 Å². The van der Waals surface area contributed by atoms with Gasteiger partial charge in [-0.25, -0.2) is 4.39 Å². The monoisotopic (exact) mass is 408 g/mol. The Morgan fingerprint density at radius 2 is 2.03 bits per heavy atom. The molecule has 0 unspecified atom stereocenters. The molecule has 1 saturated carbocycles. The van der Waals surface area contributed by atoms with E-state index in [-0.39, 0.29) is 5.91 Å². The van der Waals surface area contributed by atoms with Crippen molar-refractivity contribution in [2.45, 2.75) is 37.8 Å². The van der Waals surface area contributed by atoms with Gasteiger partial charge in [0.05, 0.1) is 5.57 Å². The summed E-state index contributed by atoms with van der Waals surface area (Å²) in [4.78, 5) is 23.7. The maximum absolute atomic E-state index is 13.7. The second kappa shape index (κ2) is 6.95. The van der Waals surface area contributed by atoms with Crippen LogP contribution >= 0.6 is 0 Å². The number of carboxylic acid groups (broad SMARTS) is 1. The zero-order valence-corrected chi connectivity index (χ0v) is 16.3. The van der Waals surface area contributed by atoms with Crippen LogP contribution in [0.25, 0.3) is 11.3 Å². The molecule has 154 valence electrons. The van der Waals surface area contributed by atoms with Gasteiger partial charge in [0.25, 0.3) is 5.91 Å². The number of aryl methyl sites for hydroxylation is 1. The SMILES string of the molecule is O=C1Nc2ccc(F)cc2C1=C1OCc2cc(CCCNC3(C(=O)O)CC3)ccc21. The average Bonchev–Trinajstić information content (AvgIpc) is 3.31. The third kappa shape index (κ3) is 3.15. The molecule has 0 aromatic heterocycles. The molecule has 0 bridgehead atoms. The Balaban J connectivity index is 1.33. The topological polar surface area (TPSA) is 87.7 Å². The summed E-state index contributed by atoms with van der Waals surface area (Å²) in [5.41, 5.74) is 3.73. The van der Waals surface area contributed by atoms with E-state index in [2.05, 4.69) is 16.7 Å². The van der Waals surface area contributed by atoms with Crippen LogP contribution in [-0.4, -0.2) is 29.1 Å². The average molecular weight is 408 g/mol. The molecular weight excluding hydrogens is 387 g/mol. The normalized spacial score (nSPS) is 20.4. The summed E-state index contributed by atoms with van der Waals surface area (Å²) in [6.45, 7) is 1.01. The zero-order chi connectivity index (χ0) is 20.9. The Hall–Kier alpha value is -3.19. The number of carboxylic acids is 1. The first-order valence-corrected chi connectivity index (χ1v) is 10.1. The van der Waals surface area contributed by atoms with Gasteiger partial charge in [0.15, 0.2) is 0 Å². The van der Waals surface area contributed by atoms with Crippen molar-refractivity contribution in [1.82, 2.24) is 5.32 Å². The van der Waals surface area contributed by atoms with E-state index in [1.165, 1.54) is 12.1 Å². The fourth-order valence-corrected chi connectivity index (χ4v) is 4.15. The van der Waals surface area contributed by atoms with Crippen LogP contribution in [-0.2, 0) is 27.4 Å². The van der Waals surface area contributed by atoms with E-state index in [0.717, 1.165) is 29.5 Å². The van der Waals surface area contributed by atoms with E-state index in [1.54, 1.807) is 6.07 Å². The van der Waals surface area contributed by atoms with Gasteiger partial charge in [-0.05, 0) is 56.0 Å². The minimum atomic E-state index is -0.768. The molecule has 2 heterocycles. The number of anilines is 1. The van der Waals surface area contributed by atoms with Gasteiger partial charge in [-0.3, -0.25) is 9.59 Å². The highest BCUT2D eigenvalue weighted by molar-refractivity contribution is 6.36. The molecular formula is C23H21FN2O4. The number of hydrogen-bond acceptors (Lipinski definition) is 4. The molecule has 5 rings (SSSR count). The Kier molecular flexibility index (Phi) is 4.36. The molecule has 30 heavy (non-hydrogen) atoms. The summed E-state index contributed by atoms with van der Waals surface area (Å²) in [5, 5.41) is 15.1. The highest BCUT2D eigenvalue weighted by atomic mass is 19.1. The van der Waals surface area contributed by atoms with Gasteiger partial charge < -0.3 is 20.5 Å². The van der Waals surface area contributed by atoms with E-state index >= 15 is 0 Å².